The number of nitrogens with one attached hydrogen (secondary N) is 2. The molecule has 1 aromatic rings. The first kappa shape index (κ1) is 12.7. The lowest BCUT2D eigenvalue weighted by atomic mass is 10.2. The fourth-order valence-corrected chi connectivity index (χ4v) is 1.40. The van der Waals surface area contributed by atoms with Crippen LogP contribution in [-0.4, -0.2) is 12.6 Å². The van der Waals surface area contributed by atoms with E-state index in [1.807, 2.05) is 0 Å². The summed E-state index contributed by atoms with van der Waals surface area (Å²) in [6, 6.07) is 4.36. The molecule has 16 heavy (non-hydrogen) atoms. The zero-order valence-electron chi connectivity index (χ0n) is 8.59. The van der Waals surface area contributed by atoms with Gasteiger partial charge in [-0.3, -0.25) is 0 Å². The highest BCUT2D eigenvalue weighted by molar-refractivity contribution is 9.10. The van der Waals surface area contributed by atoms with Gasteiger partial charge in [-0.25, -0.2) is 9.18 Å². The Hall–Kier alpha value is -1.36. The third-order valence-electron chi connectivity index (χ3n) is 1.86. The van der Waals surface area contributed by atoms with Crippen molar-refractivity contribution in [1.29, 1.82) is 0 Å². The predicted octanol–water partition coefficient (Wildman–Crippen LogP) is 2.57. The minimum Gasteiger partial charge on any atom is -0.335 e. The minimum atomic E-state index is -0.349. The van der Waals surface area contributed by atoms with E-state index in [4.69, 9.17) is 0 Å². The maximum Gasteiger partial charge on any atom is 0.315 e. The molecule has 0 atom stereocenters. The van der Waals surface area contributed by atoms with E-state index >= 15 is 0 Å². The molecular weight excluding hydrogens is 275 g/mol. The average Bonchev–Trinajstić information content (AvgIpc) is 2.25. The van der Waals surface area contributed by atoms with Crippen LogP contribution >= 0.6 is 15.9 Å². The summed E-state index contributed by atoms with van der Waals surface area (Å²) in [6.45, 7) is 4.01. The maximum absolute atomic E-state index is 13.3. The van der Waals surface area contributed by atoms with Gasteiger partial charge in [0, 0.05) is 23.1 Å². The lowest BCUT2D eigenvalue weighted by Crippen LogP contribution is -2.35. The molecule has 1 aromatic carbocycles. The lowest BCUT2D eigenvalue weighted by Gasteiger charge is -2.07. The van der Waals surface area contributed by atoms with Gasteiger partial charge in [-0.2, -0.15) is 0 Å². The van der Waals surface area contributed by atoms with Crippen molar-refractivity contribution in [2.45, 2.75) is 6.54 Å². The SMILES string of the molecule is C=CCNC(=O)NCc1ccc(Br)cc1F. The van der Waals surface area contributed by atoms with Gasteiger partial charge in [0.05, 0.1) is 0 Å². The van der Waals surface area contributed by atoms with E-state index in [2.05, 4.69) is 33.1 Å². The van der Waals surface area contributed by atoms with E-state index in [0.717, 1.165) is 0 Å². The molecule has 1 rings (SSSR count). The third kappa shape index (κ3) is 4.02. The Morgan fingerprint density at radius 2 is 2.25 bits per heavy atom. The summed E-state index contributed by atoms with van der Waals surface area (Å²) in [5, 5.41) is 5.07. The molecule has 2 amide bonds. The van der Waals surface area contributed by atoms with Crippen LogP contribution in [0.1, 0.15) is 5.56 Å². The molecule has 0 saturated carbocycles. The van der Waals surface area contributed by atoms with Gasteiger partial charge in [-0.1, -0.05) is 28.1 Å². The van der Waals surface area contributed by atoms with Gasteiger partial charge in [0.2, 0.25) is 0 Å². The number of carbonyl (C=O) groups is 1. The monoisotopic (exact) mass is 286 g/mol. The molecule has 86 valence electrons. The van der Waals surface area contributed by atoms with Crippen molar-refractivity contribution >= 4 is 22.0 Å². The third-order valence-corrected chi connectivity index (χ3v) is 2.35. The molecule has 0 aliphatic rings. The van der Waals surface area contributed by atoms with E-state index < -0.39 is 0 Å². The quantitative estimate of drug-likeness (QED) is 0.821. The second-order valence-electron chi connectivity index (χ2n) is 3.09. The van der Waals surface area contributed by atoms with Gasteiger partial charge in [0.15, 0.2) is 0 Å². The van der Waals surface area contributed by atoms with Crippen LogP contribution in [0, 0.1) is 5.82 Å². The van der Waals surface area contributed by atoms with Crippen LogP contribution in [0.4, 0.5) is 9.18 Å². The van der Waals surface area contributed by atoms with Crippen molar-refractivity contribution in [2.24, 2.45) is 0 Å². The number of carbonyl (C=O) groups excluding carboxylic acids is 1. The van der Waals surface area contributed by atoms with Crippen LogP contribution in [0.2, 0.25) is 0 Å². The minimum absolute atomic E-state index is 0.155. The van der Waals surface area contributed by atoms with Crippen molar-refractivity contribution < 1.29 is 9.18 Å². The predicted molar refractivity (Wildman–Crippen MR) is 64.5 cm³/mol. The summed E-state index contributed by atoms with van der Waals surface area (Å²) in [5.41, 5.74) is 0.442. The highest BCUT2D eigenvalue weighted by atomic mass is 79.9. The highest BCUT2D eigenvalue weighted by Gasteiger charge is 2.04. The molecular formula is C11H12BrFN2O. The molecule has 0 radical (unpaired) electrons. The van der Waals surface area contributed by atoms with Crippen LogP contribution < -0.4 is 10.6 Å². The Balaban J connectivity index is 2.48. The Kier molecular flexibility index (Phi) is 4.98. The van der Waals surface area contributed by atoms with Gasteiger partial charge in [-0.15, -0.1) is 6.58 Å². The molecule has 0 bridgehead atoms. The zero-order chi connectivity index (χ0) is 12.0. The van der Waals surface area contributed by atoms with Gasteiger partial charge in [-0.05, 0) is 12.1 Å². The standard InChI is InChI=1S/C11H12BrFN2O/c1-2-5-14-11(16)15-7-8-3-4-9(12)6-10(8)13/h2-4,6H,1,5,7H2,(H2,14,15,16). The van der Waals surface area contributed by atoms with Crippen LogP contribution in [0.5, 0.6) is 0 Å². The Morgan fingerprint density at radius 1 is 1.50 bits per heavy atom. The summed E-state index contributed by atoms with van der Waals surface area (Å²) in [4.78, 5) is 11.2. The lowest BCUT2D eigenvalue weighted by molar-refractivity contribution is 0.241. The molecule has 0 fully saturated rings. The van der Waals surface area contributed by atoms with Crippen molar-refractivity contribution in [1.82, 2.24) is 10.6 Å². The van der Waals surface area contributed by atoms with Gasteiger partial charge in [0.1, 0.15) is 5.82 Å². The largest absolute Gasteiger partial charge is 0.335 e. The second-order valence-corrected chi connectivity index (χ2v) is 4.00. The van der Waals surface area contributed by atoms with E-state index in [9.17, 15) is 9.18 Å². The topological polar surface area (TPSA) is 41.1 Å². The first-order chi connectivity index (χ1) is 7.63. The van der Waals surface area contributed by atoms with Gasteiger partial charge >= 0.3 is 6.03 Å². The molecule has 0 aromatic heterocycles. The molecule has 0 heterocycles. The fraction of sp³-hybridized carbons (Fsp3) is 0.182. The number of urea groups is 1. The summed E-state index contributed by atoms with van der Waals surface area (Å²) >= 11 is 3.16. The molecule has 5 heteroatoms. The molecule has 0 unspecified atom stereocenters. The summed E-state index contributed by atoms with van der Waals surface area (Å²) in [7, 11) is 0. The normalized spacial score (nSPS) is 9.62. The highest BCUT2D eigenvalue weighted by Crippen LogP contribution is 2.14. The Labute approximate surface area is 102 Å². The first-order valence-corrected chi connectivity index (χ1v) is 5.49. The van der Waals surface area contributed by atoms with Gasteiger partial charge in [0.25, 0.3) is 0 Å². The van der Waals surface area contributed by atoms with Crippen LogP contribution in [0.15, 0.2) is 35.3 Å². The first-order valence-electron chi connectivity index (χ1n) is 4.70. The van der Waals surface area contributed by atoms with E-state index in [0.29, 0.717) is 16.6 Å². The van der Waals surface area contributed by atoms with E-state index in [-0.39, 0.29) is 18.4 Å². The molecule has 2 N–H and O–H groups in total. The number of halogens is 2. The maximum atomic E-state index is 13.3. The molecule has 3 nitrogen and oxygen atoms in total. The van der Waals surface area contributed by atoms with Crippen molar-refractivity contribution in [3.63, 3.8) is 0 Å². The fourth-order valence-electron chi connectivity index (χ4n) is 1.07. The van der Waals surface area contributed by atoms with Crippen LogP contribution in [0.3, 0.4) is 0 Å². The summed E-state index contributed by atoms with van der Waals surface area (Å²) in [5.74, 6) is -0.349. The second kappa shape index (κ2) is 6.27. The Bertz CT molecular complexity index is 396. The summed E-state index contributed by atoms with van der Waals surface area (Å²) < 4.78 is 14.0. The number of hydrogen-bond donors (Lipinski definition) is 2. The van der Waals surface area contributed by atoms with Crippen molar-refractivity contribution in [2.75, 3.05) is 6.54 Å². The number of benzene rings is 1. The molecule has 0 saturated heterocycles. The van der Waals surface area contributed by atoms with E-state index in [1.54, 1.807) is 18.2 Å². The molecule has 0 spiro atoms. The number of rotatable bonds is 4. The smallest absolute Gasteiger partial charge is 0.315 e. The average molecular weight is 287 g/mol. The molecule has 0 aliphatic carbocycles. The van der Waals surface area contributed by atoms with Crippen LogP contribution in [0.25, 0.3) is 0 Å². The van der Waals surface area contributed by atoms with Gasteiger partial charge < -0.3 is 10.6 Å². The van der Waals surface area contributed by atoms with Crippen molar-refractivity contribution in [3.8, 4) is 0 Å². The molecule has 0 aliphatic heterocycles. The number of hydrogen-bond acceptors (Lipinski definition) is 1. The van der Waals surface area contributed by atoms with E-state index in [1.165, 1.54) is 6.07 Å². The van der Waals surface area contributed by atoms with Crippen LogP contribution in [-0.2, 0) is 6.54 Å². The number of amides is 2. The Morgan fingerprint density at radius 3 is 2.88 bits per heavy atom. The summed E-state index contributed by atoms with van der Waals surface area (Å²) in [6.07, 6.45) is 1.57. The van der Waals surface area contributed by atoms with Crippen molar-refractivity contribution in [3.05, 3.63) is 46.7 Å². The zero-order valence-corrected chi connectivity index (χ0v) is 10.2.